The average Bonchev–Trinajstić information content (AvgIpc) is 2.84. The molecule has 0 bridgehead atoms. The summed E-state index contributed by atoms with van der Waals surface area (Å²) in [6.07, 6.45) is 2.25. The van der Waals surface area contributed by atoms with E-state index in [2.05, 4.69) is 5.32 Å². The van der Waals surface area contributed by atoms with Crippen molar-refractivity contribution in [2.75, 3.05) is 31.5 Å². The highest BCUT2D eigenvalue weighted by Crippen LogP contribution is 2.26. The van der Waals surface area contributed by atoms with Crippen LogP contribution >= 0.6 is 11.8 Å². The molecule has 0 saturated carbocycles. The molecule has 0 radical (unpaired) electrons. The Bertz CT molecular complexity index is 777. The van der Waals surface area contributed by atoms with Gasteiger partial charge < -0.3 is 14.8 Å². The van der Waals surface area contributed by atoms with Crippen molar-refractivity contribution in [3.63, 3.8) is 0 Å². The van der Waals surface area contributed by atoms with E-state index in [-0.39, 0.29) is 17.1 Å². The zero-order chi connectivity index (χ0) is 18.7. The first-order valence-electron chi connectivity index (χ1n) is 7.59. The van der Waals surface area contributed by atoms with Crippen LogP contribution in [0.2, 0.25) is 0 Å². The fraction of sp³-hybridized carbons (Fsp3) is 0.500. The number of hydrogen-bond acceptors (Lipinski definition) is 7. The molecule has 7 nitrogen and oxygen atoms in total. The molecule has 9 heteroatoms. The zero-order valence-electron chi connectivity index (χ0n) is 14.3. The average molecular weight is 387 g/mol. The number of carbonyl (C=O) groups excluding carboxylic acids is 2. The molecule has 1 heterocycles. The predicted molar refractivity (Wildman–Crippen MR) is 94.9 cm³/mol. The maximum absolute atomic E-state index is 12.2. The van der Waals surface area contributed by atoms with Gasteiger partial charge in [0, 0.05) is 4.90 Å². The molecule has 0 unspecified atom stereocenters. The fourth-order valence-electron chi connectivity index (χ4n) is 2.66. The standard InChI is InChI=1S/C16H21NO6S2/c1-16(6-7-25(20,21)10-16)17-14(18)9-23-15(19)12-5-4-11(24-3)8-13(12)22-2/h4-5,8H,6-7,9-10H2,1-3H3,(H,17,18)/t16-/m0/s1. The number of ether oxygens (including phenoxy) is 2. The van der Waals surface area contributed by atoms with E-state index in [4.69, 9.17) is 9.47 Å². The van der Waals surface area contributed by atoms with Gasteiger partial charge in [0.25, 0.3) is 5.91 Å². The Kier molecular flexibility index (Phi) is 5.99. The number of methoxy groups -OCH3 is 1. The molecule has 138 valence electrons. The number of nitrogens with one attached hydrogen (secondary N) is 1. The van der Waals surface area contributed by atoms with Gasteiger partial charge in [-0.1, -0.05) is 0 Å². The third kappa shape index (κ3) is 5.12. The van der Waals surface area contributed by atoms with Crippen LogP contribution in [0.1, 0.15) is 23.7 Å². The molecular formula is C16H21NO6S2. The van der Waals surface area contributed by atoms with E-state index < -0.39 is 33.9 Å². The Hall–Kier alpha value is -1.74. The fourth-order valence-corrected chi connectivity index (χ4v) is 5.18. The predicted octanol–water partition coefficient (Wildman–Crippen LogP) is 1.27. The number of rotatable bonds is 6. The van der Waals surface area contributed by atoms with Gasteiger partial charge in [-0.05, 0) is 37.8 Å². The summed E-state index contributed by atoms with van der Waals surface area (Å²) in [5.41, 5.74) is -0.595. The van der Waals surface area contributed by atoms with E-state index in [0.717, 1.165) is 4.90 Å². The van der Waals surface area contributed by atoms with Crippen LogP contribution in [0.15, 0.2) is 23.1 Å². The summed E-state index contributed by atoms with van der Waals surface area (Å²) in [7, 11) is -1.68. The van der Waals surface area contributed by atoms with E-state index in [1.165, 1.54) is 18.9 Å². The Morgan fingerprint density at radius 3 is 2.64 bits per heavy atom. The van der Waals surface area contributed by atoms with Crippen molar-refractivity contribution in [3.05, 3.63) is 23.8 Å². The Balaban J connectivity index is 1.95. The number of carbonyl (C=O) groups is 2. The van der Waals surface area contributed by atoms with Crippen molar-refractivity contribution in [1.29, 1.82) is 0 Å². The van der Waals surface area contributed by atoms with Gasteiger partial charge >= 0.3 is 5.97 Å². The number of sulfone groups is 1. The first-order valence-corrected chi connectivity index (χ1v) is 10.6. The van der Waals surface area contributed by atoms with Crippen LogP contribution in [-0.4, -0.2) is 57.3 Å². The van der Waals surface area contributed by atoms with Gasteiger partial charge in [-0.15, -0.1) is 11.8 Å². The molecular weight excluding hydrogens is 366 g/mol. The van der Waals surface area contributed by atoms with Gasteiger partial charge in [0.15, 0.2) is 16.4 Å². The molecule has 1 aliphatic rings. The van der Waals surface area contributed by atoms with E-state index in [0.29, 0.717) is 12.2 Å². The van der Waals surface area contributed by atoms with Crippen molar-refractivity contribution in [2.24, 2.45) is 0 Å². The summed E-state index contributed by atoms with van der Waals surface area (Å²) in [5, 5.41) is 2.63. The molecule has 0 spiro atoms. The second-order valence-corrected chi connectivity index (χ2v) is 9.16. The molecule has 1 saturated heterocycles. The lowest BCUT2D eigenvalue weighted by atomic mass is 10.0. The van der Waals surface area contributed by atoms with Gasteiger partial charge in [0.2, 0.25) is 0 Å². The Morgan fingerprint density at radius 2 is 2.08 bits per heavy atom. The van der Waals surface area contributed by atoms with Crippen LogP contribution < -0.4 is 10.1 Å². The number of hydrogen-bond donors (Lipinski definition) is 1. The Labute approximate surface area is 151 Å². The van der Waals surface area contributed by atoms with E-state index >= 15 is 0 Å². The van der Waals surface area contributed by atoms with Crippen LogP contribution in [0.4, 0.5) is 0 Å². The molecule has 1 atom stereocenters. The summed E-state index contributed by atoms with van der Waals surface area (Å²) >= 11 is 1.51. The molecule has 1 N–H and O–H groups in total. The summed E-state index contributed by atoms with van der Waals surface area (Å²) in [5.74, 6) is -0.908. The normalized spacial score (nSPS) is 21.6. The number of benzene rings is 1. The van der Waals surface area contributed by atoms with Crippen LogP contribution in [-0.2, 0) is 19.4 Å². The summed E-state index contributed by atoms with van der Waals surface area (Å²) in [4.78, 5) is 25.1. The molecule has 1 amide bonds. The van der Waals surface area contributed by atoms with E-state index in [1.807, 2.05) is 6.26 Å². The summed E-state index contributed by atoms with van der Waals surface area (Å²) < 4.78 is 33.3. The topological polar surface area (TPSA) is 98.8 Å². The van der Waals surface area contributed by atoms with Crippen molar-refractivity contribution in [2.45, 2.75) is 23.8 Å². The minimum atomic E-state index is -3.13. The van der Waals surface area contributed by atoms with Gasteiger partial charge in [-0.25, -0.2) is 13.2 Å². The number of amides is 1. The summed E-state index contributed by atoms with van der Waals surface area (Å²) in [6.45, 7) is 1.18. The van der Waals surface area contributed by atoms with E-state index in [1.54, 1.807) is 25.1 Å². The molecule has 1 aromatic carbocycles. The lowest BCUT2D eigenvalue weighted by Crippen LogP contribution is -2.48. The Morgan fingerprint density at radius 1 is 1.36 bits per heavy atom. The number of thioether (sulfide) groups is 1. The SMILES string of the molecule is COc1cc(SC)ccc1C(=O)OCC(=O)N[C@@]1(C)CCS(=O)(=O)C1. The maximum atomic E-state index is 12.2. The molecule has 1 aromatic rings. The first-order chi connectivity index (χ1) is 11.7. The molecule has 0 aliphatic carbocycles. The van der Waals surface area contributed by atoms with Crippen LogP contribution in [0.25, 0.3) is 0 Å². The van der Waals surface area contributed by atoms with Crippen LogP contribution in [0.5, 0.6) is 5.75 Å². The van der Waals surface area contributed by atoms with Crippen molar-refractivity contribution < 1.29 is 27.5 Å². The third-order valence-electron chi connectivity index (χ3n) is 3.91. The minimum absolute atomic E-state index is 0.0442. The highest BCUT2D eigenvalue weighted by Gasteiger charge is 2.39. The lowest BCUT2D eigenvalue weighted by molar-refractivity contribution is -0.125. The van der Waals surface area contributed by atoms with Crippen molar-refractivity contribution in [3.8, 4) is 5.75 Å². The lowest BCUT2D eigenvalue weighted by Gasteiger charge is -2.23. The van der Waals surface area contributed by atoms with Crippen LogP contribution in [0, 0.1) is 0 Å². The first kappa shape index (κ1) is 19.6. The quantitative estimate of drug-likeness (QED) is 0.580. The highest BCUT2D eigenvalue weighted by molar-refractivity contribution is 7.98. The van der Waals surface area contributed by atoms with Gasteiger partial charge in [-0.3, -0.25) is 4.79 Å². The van der Waals surface area contributed by atoms with Crippen molar-refractivity contribution in [1.82, 2.24) is 5.32 Å². The largest absolute Gasteiger partial charge is 0.496 e. The monoisotopic (exact) mass is 387 g/mol. The van der Waals surface area contributed by atoms with Gasteiger partial charge in [0.05, 0.1) is 24.2 Å². The second-order valence-electron chi connectivity index (χ2n) is 6.09. The van der Waals surface area contributed by atoms with Crippen molar-refractivity contribution >= 4 is 33.5 Å². The minimum Gasteiger partial charge on any atom is -0.496 e. The second kappa shape index (κ2) is 7.65. The van der Waals surface area contributed by atoms with Crippen LogP contribution in [0.3, 0.4) is 0 Å². The smallest absolute Gasteiger partial charge is 0.342 e. The highest BCUT2D eigenvalue weighted by atomic mass is 32.2. The molecule has 25 heavy (non-hydrogen) atoms. The van der Waals surface area contributed by atoms with Gasteiger partial charge in [-0.2, -0.15) is 0 Å². The zero-order valence-corrected chi connectivity index (χ0v) is 16.0. The summed E-state index contributed by atoms with van der Waals surface area (Å²) in [6, 6.07) is 5.05. The van der Waals surface area contributed by atoms with Gasteiger partial charge in [0.1, 0.15) is 11.3 Å². The molecule has 1 fully saturated rings. The number of esters is 1. The molecule has 0 aromatic heterocycles. The third-order valence-corrected chi connectivity index (χ3v) is 6.54. The maximum Gasteiger partial charge on any atom is 0.342 e. The van der Waals surface area contributed by atoms with E-state index in [9.17, 15) is 18.0 Å². The molecule has 1 aliphatic heterocycles. The molecule has 2 rings (SSSR count).